The molecule has 1 aromatic carbocycles. The van der Waals surface area contributed by atoms with Crippen LogP contribution in [0, 0.1) is 0 Å². The van der Waals surface area contributed by atoms with E-state index in [0.29, 0.717) is 29.9 Å². The third-order valence-corrected chi connectivity index (χ3v) is 3.31. The summed E-state index contributed by atoms with van der Waals surface area (Å²) in [7, 11) is 0. The van der Waals surface area contributed by atoms with Gasteiger partial charge in [0.05, 0.1) is 11.8 Å². The van der Waals surface area contributed by atoms with Gasteiger partial charge in [-0.15, -0.1) is 0 Å². The third kappa shape index (κ3) is 4.05. The number of carbonyl (C=O) groups is 1. The highest BCUT2D eigenvalue weighted by atomic mass is 16.3. The standard InChI is InChI=1S/C17H21N3O2/c1-3-16(22)13-9-15(18)17(19-10-13)20-14-6-4-12(5-7-14)8-11(2)21/h4-7,9-11,21H,3,8,18H2,1-2H3,(H,19,20). The van der Waals surface area contributed by atoms with Gasteiger partial charge in [0.2, 0.25) is 0 Å². The molecular formula is C17H21N3O2. The highest BCUT2D eigenvalue weighted by molar-refractivity contribution is 5.97. The summed E-state index contributed by atoms with van der Waals surface area (Å²) >= 11 is 0. The van der Waals surface area contributed by atoms with Gasteiger partial charge in [-0.1, -0.05) is 19.1 Å². The van der Waals surface area contributed by atoms with Crippen molar-refractivity contribution in [3.8, 4) is 0 Å². The van der Waals surface area contributed by atoms with Crippen LogP contribution in [0.1, 0.15) is 36.2 Å². The van der Waals surface area contributed by atoms with Crippen LogP contribution in [0.15, 0.2) is 36.5 Å². The van der Waals surface area contributed by atoms with Crippen molar-refractivity contribution in [2.24, 2.45) is 0 Å². The number of nitrogen functional groups attached to an aromatic ring is 1. The Bertz CT molecular complexity index is 651. The number of aromatic nitrogens is 1. The van der Waals surface area contributed by atoms with Crippen molar-refractivity contribution >= 4 is 23.0 Å². The number of ketones is 1. The first kappa shape index (κ1) is 16.0. The van der Waals surface area contributed by atoms with Crippen LogP contribution >= 0.6 is 0 Å². The zero-order chi connectivity index (χ0) is 16.1. The summed E-state index contributed by atoms with van der Waals surface area (Å²) in [6.45, 7) is 3.56. The van der Waals surface area contributed by atoms with E-state index in [1.54, 1.807) is 19.9 Å². The van der Waals surface area contributed by atoms with Crippen LogP contribution in [-0.4, -0.2) is 22.0 Å². The first-order valence-corrected chi connectivity index (χ1v) is 7.32. The Kier molecular flexibility index (Phi) is 5.12. The van der Waals surface area contributed by atoms with Gasteiger partial charge in [-0.05, 0) is 37.1 Å². The van der Waals surface area contributed by atoms with Gasteiger partial charge in [-0.2, -0.15) is 0 Å². The molecule has 2 rings (SSSR count). The second-order valence-electron chi connectivity index (χ2n) is 5.31. The van der Waals surface area contributed by atoms with Gasteiger partial charge >= 0.3 is 0 Å². The fourth-order valence-corrected chi connectivity index (χ4v) is 2.14. The van der Waals surface area contributed by atoms with Gasteiger partial charge < -0.3 is 16.2 Å². The second-order valence-corrected chi connectivity index (χ2v) is 5.31. The largest absolute Gasteiger partial charge is 0.396 e. The molecule has 0 radical (unpaired) electrons. The van der Waals surface area contributed by atoms with E-state index in [1.165, 1.54) is 6.20 Å². The van der Waals surface area contributed by atoms with Crippen molar-refractivity contribution < 1.29 is 9.90 Å². The van der Waals surface area contributed by atoms with E-state index in [9.17, 15) is 9.90 Å². The number of pyridine rings is 1. The molecule has 0 fully saturated rings. The van der Waals surface area contributed by atoms with Gasteiger partial charge in [-0.3, -0.25) is 4.79 Å². The lowest BCUT2D eigenvalue weighted by molar-refractivity contribution is 0.0988. The van der Waals surface area contributed by atoms with Gasteiger partial charge in [0.1, 0.15) is 0 Å². The minimum atomic E-state index is -0.361. The molecule has 22 heavy (non-hydrogen) atoms. The maximum absolute atomic E-state index is 11.6. The number of aliphatic hydroxyl groups excluding tert-OH is 1. The molecule has 0 aliphatic carbocycles. The summed E-state index contributed by atoms with van der Waals surface area (Å²) in [5, 5.41) is 12.5. The van der Waals surface area contributed by atoms with Crippen molar-refractivity contribution in [3.05, 3.63) is 47.7 Å². The Morgan fingerprint density at radius 1 is 1.36 bits per heavy atom. The van der Waals surface area contributed by atoms with Gasteiger partial charge in [0, 0.05) is 23.9 Å². The topological polar surface area (TPSA) is 88.2 Å². The molecule has 2 aromatic rings. The van der Waals surface area contributed by atoms with E-state index in [4.69, 9.17) is 5.73 Å². The predicted molar refractivity (Wildman–Crippen MR) is 88.4 cm³/mol. The Morgan fingerprint density at radius 2 is 2.05 bits per heavy atom. The minimum Gasteiger partial charge on any atom is -0.396 e. The van der Waals surface area contributed by atoms with E-state index < -0.39 is 0 Å². The van der Waals surface area contributed by atoms with Gasteiger partial charge in [0.15, 0.2) is 11.6 Å². The van der Waals surface area contributed by atoms with Crippen molar-refractivity contribution in [3.63, 3.8) is 0 Å². The Balaban J connectivity index is 2.12. The molecule has 0 saturated carbocycles. The number of nitrogens with zero attached hydrogens (tertiary/aromatic N) is 1. The van der Waals surface area contributed by atoms with Crippen LogP contribution in [0.5, 0.6) is 0 Å². The van der Waals surface area contributed by atoms with Crippen LogP contribution in [0.25, 0.3) is 0 Å². The van der Waals surface area contributed by atoms with E-state index in [2.05, 4.69) is 10.3 Å². The number of hydrogen-bond donors (Lipinski definition) is 3. The van der Waals surface area contributed by atoms with Gasteiger partial charge in [0.25, 0.3) is 0 Å². The van der Waals surface area contributed by atoms with Crippen LogP contribution in [-0.2, 0) is 6.42 Å². The molecule has 1 heterocycles. The van der Waals surface area contributed by atoms with E-state index in [1.807, 2.05) is 24.3 Å². The monoisotopic (exact) mass is 299 g/mol. The average Bonchev–Trinajstić information content (AvgIpc) is 2.50. The summed E-state index contributed by atoms with van der Waals surface area (Å²) < 4.78 is 0. The minimum absolute atomic E-state index is 0.0215. The summed E-state index contributed by atoms with van der Waals surface area (Å²) in [4.78, 5) is 15.8. The zero-order valence-electron chi connectivity index (χ0n) is 12.8. The lowest BCUT2D eigenvalue weighted by Gasteiger charge is -2.10. The number of anilines is 3. The smallest absolute Gasteiger partial charge is 0.164 e. The molecule has 5 heteroatoms. The number of benzene rings is 1. The first-order valence-electron chi connectivity index (χ1n) is 7.32. The first-order chi connectivity index (χ1) is 10.5. The van der Waals surface area contributed by atoms with Crippen LogP contribution in [0.3, 0.4) is 0 Å². The van der Waals surface area contributed by atoms with Crippen molar-refractivity contribution in [2.75, 3.05) is 11.1 Å². The highest BCUT2D eigenvalue weighted by Gasteiger charge is 2.08. The molecule has 0 bridgehead atoms. The lowest BCUT2D eigenvalue weighted by atomic mass is 10.1. The Hall–Kier alpha value is -2.40. The van der Waals surface area contributed by atoms with Crippen LogP contribution < -0.4 is 11.1 Å². The number of nitrogens with two attached hydrogens (primary N) is 1. The lowest BCUT2D eigenvalue weighted by Crippen LogP contribution is -2.05. The molecular weight excluding hydrogens is 278 g/mol. The maximum Gasteiger partial charge on any atom is 0.164 e. The molecule has 5 nitrogen and oxygen atoms in total. The second kappa shape index (κ2) is 7.04. The number of Topliss-reactive ketones (excluding diaryl/α,β-unsaturated/α-hetero) is 1. The number of aliphatic hydroxyl groups is 1. The maximum atomic E-state index is 11.6. The molecule has 0 aliphatic heterocycles. The zero-order valence-corrected chi connectivity index (χ0v) is 12.8. The average molecular weight is 299 g/mol. The van der Waals surface area contributed by atoms with Gasteiger partial charge in [-0.25, -0.2) is 4.98 Å². The molecule has 0 aliphatic rings. The molecule has 0 saturated heterocycles. The number of hydrogen-bond acceptors (Lipinski definition) is 5. The predicted octanol–water partition coefficient (Wildman–Crippen LogP) is 2.92. The molecule has 1 atom stereocenters. The van der Waals surface area contributed by atoms with Crippen LogP contribution in [0.2, 0.25) is 0 Å². The number of carbonyl (C=O) groups excluding carboxylic acids is 1. The summed E-state index contributed by atoms with van der Waals surface area (Å²) in [5.41, 5.74) is 8.82. The molecule has 116 valence electrons. The van der Waals surface area contributed by atoms with Crippen molar-refractivity contribution in [2.45, 2.75) is 32.8 Å². The quantitative estimate of drug-likeness (QED) is 0.714. The summed E-state index contributed by atoms with van der Waals surface area (Å²) in [6.07, 6.45) is 2.22. The van der Waals surface area contributed by atoms with Crippen molar-refractivity contribution in [1.82, 2.24) is 4.98 Å². The van der Waals surface area contributed by atoms with E-state index in [0.717, 1.165) is 11.3 Å². The summed E-state index contributed by atoms with van der Waals surface area (Å²) in [5.74, 6) is 0.546. The van der Waals surface area contributed by atoms with E-state index in [-0.39, 0.29) is 11.9 Å². The Labute approximate surface area is 130 Å². The molecule has 0 amide bonds. The number of nitrogens with one attached hydrogen (secondary N) is 1. The molecule has 1 aromatic heterocycles. The van der Waals surface area contributed by atoms with Crippen LogP contribution in [0.4, 0.5) is 17.2 Å². The number of rotatable bonds is 6. The normalized spacial score (nSPS) is 12.0. The third-order valence-electron chi connectivity index (χ3n) is 3.31. The van der Waals surface area contributed by atoms with Crippen molar-refractivity contribution in [1.29, 1.82) is 0 Å². The highest BCUT2D eigenvalue weighted by Crippen LogP contribution is 2.22. The molecule has 0 spiro atoms. The summed E-state index contributed by atoms with van der Waals surface area (Å²) in [6, 6.07) is 9.34. The molecule has 4 N–H and O–H groups in total. The molecule has 1 unspecified atom stereocenters. The van der Waals surface area contributed by atoms with E-state index >= 15 is 0 Å². The fraction of sp³-hybridized carbons (Fsp3) is 0.294. The fourth-order valence-electron chi connectivity index (χ4n) is 2.14. The SMILES string of the molecule is CCC(=O)c1cnc(Nc2ccc(CC(C)O)cc2)c(N)c1. The Morgan fingerprint density at radius 3 is 2.59 bits per heavy atom.